The molecule has 13 heavy (non-hydrogen) atoms. The zero-order valence-corrected chi connectivity index (χ0v) is 9.40. The molecule has 0 radical (unpaired) electrons. The van der Waals surface area contributed by atoms with Gasteiger partial charge in [-0.25, -0.2) is 12.9 Å². The predicted octanol–water partition coefficient (Wildman–Crippen LogP) is -0.136. The minimum absolute atomic E-state index is 2.31. The smallest absolute Gasteiger partial charge is 0.338 e. The van der Waals surface area contributed by atoms with Crippen LogP contribution in [-0.4, -0.2) is 24.5 Å². The monoisotopic (exact) mass is 273 g/mol. The molecule has 0 spiro atoms. The molecule has 9 nitrogen and oxygen atoms in total. The van der Waals surface area contributed by atoms with Crippen LogP contribution in [0, 0.1) is 0 Å². The molecule has 0 saturated carbocycles. The molecule has 0 aliphatic rings. The van der Waals surface area contributed by atoms with Gasteiger partial charge in [0, 0.05) is 0 Å². The highest BCUT2D eigenvalue weighted by Gasteiger charge is 2.21. The second kappa shape index (κ2) is 7.63. The van der Waals surface area contributed by atoms with E-state index >= 15 is 0 Å². The Hall–Kier alpha value is 1.36. The maximum absolute atomic E-state index is 8.72. The summed E-state index contributed by atoms with van der Waals surface area (Å²) in [7, 11) is -10.4. The summed E-state index contributed by atoms with van der Waals surface area (Å²) in [6.45, 7) is 0. The Bertz CT molecular complexity index is 115. The Morgan fingerprint density at radius 3 is 1.62 bits per heavy atom. The van der Waals surface area contributed by atoms with E-state index < -0.39 is 34.3 Å². The minimum Gasteiger partial charge on any atom is -0.338 e. The molecule has 13 heteroatoms. The van der Waals surface area contributed by atoms with Gasteiger partial charge < -0.3 is 24.5 Å². The van der Waals surface area contributed by atoms with Gasteiger partial charge in [0.2, 0.25) is 0 Å². The van der Waals surface area contributed by atoms with Gasteiger partial charge in [-0.2, -0.15) is 0 Å². The first kappa shape index (κ1) is 14.4. The Morgan fingerprint density at radius 1 is 0.769 bits per heavy atom. The molecular formula is H7NO8P4. The van der Waals surface area contributed by atoms with Crippen molar-refractivity contribution in [1.82, 2.24) is 0 Å². The van der Waals surface area contributed by atoms with Crippen molar-refractivity contribution < 1.29 is 37.4 Å². The van der Waals surface area contributed by atoms with Crippen LogP contribution in [0.4, 0.5) is 0 Å². The van der Waals surface area contributed by atoms with Crippen LogP contribution in [0.5, 0.6) is 0 Å². The fraction of sp³-hybridized carbons (Fsp3) is 0. The van der Waals surface area contributed by atoms with Crippen molar-refractivity contribution in [3.8, 4) is 0 Å². The first-order chi connectivity index (χ1) is 5.91. The van der Waals surface area contributed by atoms with E-state index in [0.29, 0.717) is 0 Å². The third kappa shape index (κ3) is 9.66. The molecule has 0 aromatic rings. The topological polar surface area (TPSA) is 155 Å². The van der Waals surface area contributed by atoms with Gasteiger partial charge in [0.15, 0.2) is 0 Å². The summed E-state index contributed by atoms with van der Waals surface area (Å²) in [4.78, 5) is 42.2. The Kier molecular flexibility index (Phi) is 8.42. The van der Waals surface area contributed by atoms with Gasteiger partial charge in [-0.1, -0.05) is 0 Å². The van der Waals surface area contributed by atoms with Crippen molar-refractivity contribution in [3.63, 3.8) is 0 Å². The highest BCUT2D eigenvalue weighted by atomic mass is 31.3. The Labute approximate surface area is 78.0 Å². The molecule has 3 atom stereocenters. The van der Waals surface area contributed by atoms with Gasteiger partial charge >= 0.3 is 25.8 Å². The van der Waals surface area contributed by atoms with Crippen molar-refractivity contribution in [2.75, 3.05) is 0 Å². The van der Waals surface area contributed by atoms with Crippen LogP contribution in [-0.2, 0) is 12.9 Å². The molecule has 0 aliphatic carbocycles. The largest absolute Gasteiger partial charge is 0.344 e. The summed E-state index contributed by atoms with van der Waals surface area (Å²) in [5, 5.41) is 0. The second-order valence-corrected chi connectivity index (χ2v) is 5.30. The number of nitrogens with two attached hydrogens (primary N) is 1. The number of hydrogen-bond acceptors (Lipinski definition) is 9. The molecule has 0 aromatic heterocycles. The molecule has 80 valence electrons. The maximum atomic E-state index is 8.72. The summed E-state index contributed by atoms with van der Waals surface area (Å²) < 4.78 is 12.2. The molecular weight excluding hydrogens is 266 g/mol. The van der Waals surface area contributed by atoms with E-state index in [1.54, 1.807) is 0 Å². The maximum Gasteiger partial charge on any atom is 0.344 e. The molecule has 0 aliphatic heterocycles. The highest BCUT2D eigenvalue weighted by Crippen LogP contribution is 2.57. The fourth-order valence-corrected chi connectivity index (χ4v) is 2.55. The van der Waals surface area contributed by atoms with Crippen LogP contribution in [0.25, 0.3) is 0 Å². The third-order valence-electron chi connectivity index (χ3n) is 0.436. The summed E-state index contributed by atoms with van der Waals surface area (Å²) in [5.74, 6) is 0. The number of hydrogen-bond donors (Lipinski definition) is 6. The molecule has 0 rings (SSSR count). The zero-order chi connectivity index (χ0) is 10.4. The van der Waals surface area contributed by atoms with Crippen molar-refractivity contribution >= 4 is 34.3 Å². The lowest BCUT2D eigenvalue weighted by Crippen LogP contribution is -1.90. The van der Waals surface area contributed by atoms with Gasteiger partial charge in [-0.05, 0) is 0 Å². The molecule has 0 amide bonds. The van der Waals surface area contributed by atoms with E-state index in [9.17, 15) is 0 Å². The molecule has 7 N–H and O–H groups in total. The van der Waals surface area contributed by atoms with Gasteiger partial charge in [0.1, 0.15) is 0 Å². The first-order valence-electron chi connectivity index (χ1n) is 2.35. The van der Waals surface area contributed by atoms with E-state index in [0.717, 1.165) is 0 Å². The van der Waals surface area contributed by atoms with E-state index in [1.165, 1.54) is 0 Å². The van der Waals surface area contributed by atoms with E-state index in [4.69, 9.17) is 30.0 Å². The van der Waals surface area contributed by atoms with E-state index in [2.05, 4.69) is 12.9 Å². The predicted molar refractivity (Wildman–Crippen MR) is 46.2 cm³/mol. The lowest BCUT2D eigenvalue weighted by Gasteiger charge is -2.13. The highest BCUT2D eigenvalue weighted by molar-refractivity contribution is 7.63. The second-order valence-electron chi connectivity index (χ2n) is 1.28. The average molecular weight is 273 g/mol. The molecule has 0 heterocycles. The van der Waals surface area contributed by atoms with Crippen molar-refractivity contribution in [2.45, 2.75) is 0 Å². The van der Waals surface area contributed by atoms with Crippen molar-refractivity contribution in [3.05, 3.63) is 0 Å². The van der Waals surface area contributed by atoms with Crippen LogP contribution in [0.1, 0.15) is 0 Å². The molecule has 0 fully saturated rings. The molecule has 0 aromatic carbocycles. The molecule has 0 bridgehead atoms. The van der Waals surface area contributed by atoms with Crippen LogP contribution < -0.4 is 5.50 Å². The Balaban J connectivity index is 3.58. The van der Waals surface area contributed by atoms with Crippen LogP contribution in [0.3, 0.4) is 0 Å². The SMILES string of the molecule is NP(O)OP(O)OP(O)OP(O)O. The Morgan fingerprint density at radius 2 is 1.23 bits per heavy atom. The van der Waals surface area contributed by atoms with Crippen LogP contribution >= 0.6 is 34.3 Å². The van der Waals surface area contributed by atoms with Crippen molar-refractivity contribution in [2.24, 2.45) is 5.50 Å². The number of rotatable bonds is 6. The van der Waals surface area contributed by atoms with Gasteiger partial charge in [0.05, 0.1) is 0 Å². The first-order valence-corrected chi connectivity index (χ1v) is 7.06. The fourth-order valence-electron chi connectivity index (χ4n) is 0.224. The van der Waals surface area contributed by atoms with Gasteiger partial charge in [0.25, 0.3) is 8.53 Å². The van der Waals surface area contributed by atoms with Crippen molar-refractivity contribution in [1.29, 1.82) is 0 Å². The molecule has 3 unspecified atom stereocenters. The molecule has 0 saturated heterocycles. The van der Waals surface area contributed by atoms with Crippen LogP contribution in [0.15, 0.2) is 0 Å². The lowest BCUT2D eigenvalue weighted by atomic mass is 13.9. The summed E-state index contributed by atoms with van der Waals surface area (Å²) >= 11 is 0. The normalized spacial score (nSPS) is 18.7. The quantitative estimate of drug-likeness (QED) is 0.362. The van der Waals surface area contributed by atoms with Gasteiger partial charge in [-0.15, -0.1) is 0 Å². The standard InChI is InChI=1S/H7NO8P4/c1-10(2)7-12(5)9-13(6)8-11(3)4/h2-6H,1H2. The van der Waals surface area contributed by atoms with Crippen LogP contribution in [0.2, 0.25) is 0 Å². The van der Waals surface area contributed by atoms with E-state index in [1.807, 2.05) is 0 Å². The summed E-state index contributed by atoms with van der Waals surface area (Å²) in [6, 6.07) is 0. The van der Waals surface area contributed by atoms with E-state index in [-0.39, 0.29) is 0 Å². The lowest BCUT2D eigenvalue weighted by molar-refractivity contribution is 0.308. The summed E-state index contributed by atoms with van der Waals surface area (Å²) in [6.07, 6.45) is 0. The zero-order valence-electron chi connectivity index (χ0n) is 5.83. The summed E-state index contributed by atoms with van der Waals surface area (Å²) in [5.41, 5.74) is 4.73. The average Bonchev–Trinajstić information content (AvgIpc) is 1.80. The third-order valence-corrected chi connectivity index (χ3v) is 3.92. The minimum atomic E-state index is -2.78. The van der Waals surface area contributed by atoms with Gasteiger partial charge in [-0.3, -0.25) is 5.50 Å².